The highest BCUT2D eigenvalue weighted by Crippen LogP contribution is 2.17. The van der Waals surface area contributed by atoms with Crippen molar-refractivity contribution >= 4 is 5.78 Å². The highest BCUT2D eigenvalue weighted by Gasteiger charge is 2.25. The van der Waals surface area contributed by atoms with Crippen LogP contribution in [0.15, 0.2) is 18.2 Å². The van der Waals surface area contributed by atoms with Crippen molar-refractivity contribution in [3.63, 3.8) is 0 Å². The zero-order valence-electron chi connectivity index (χ0n) is 10.6. The first kappa shape index (κ1) is 12.2. The lowest BCUT2D eigenvalue weighted by molar-refractivity contribution is -0.126. The molecule has 0 radical (unpaired) electrons. The van der Waals surface area contributed by atoms with Crippen molar-refractivity contribution in [3.05, 3.63) is 29.6 Å². The molecule has 17 heavy (non-hydrogen) atoms. The first-order chi connectivity index (χ1) is 8.19. The number of likely N-dealkylation sites (tertiary alicyclic amines) is 1. The Morgan fingerprint density at radius 2 is 2.29 bits per heavy atom. The molecule has 1 aromatic heterocycles. The van der Waals surface area contributed by atoms with Gasteiger partial charge < -0.3 is 0 Å². The fourth-order valence-electron chi connectivity index (χ4n) is 2.39. The third kappa shape index (κ3) is 3.13. The van der Waals surface area contributed by atoms with Crippen molar-refractivity contribution in [2.24, 2.45) is 5.92 Å². The number of Topliss-reactive ketones (excluding diaryl/α,β-unsaturated/α-hetero) is 1. The lowest BCUT2D eigenvalue weighted by Gasteiger charge is -2.30. The van der Waals surface area contributed by atoms with E-state index in [0.717, 1.165) is 37.4 Å². The zero-order valence-corrected chi connectivity index (χ0v) is 10.6. The summed E-state index contributed by atoms with van der Waals surface area (Å²) in [5.41, 5.74) is 2.16. The maximum atomic E-state index is 11.6. The lowest BCUT2D eigenvalue weighted by atomic mass is 9.94. The molecule has 92 valence electrons. The Morgan fingerprint density at radius 3 is 3.00 bits per heavy atom. The van der Waals surface area contributed by atoms with Crippen LogP contribution >= 0.6 is 0 Å². The molecule has 1 atom stereocenters. The molecular weight excluding hydrogens is 212 g/mol. The van der Waals surface area contributed by atoms with Gasteiger partial charge in [0.2, 0.25) is 0 Å². The van der Waals surface area contributed by atoms with E-state index in [4.69, 9.17) is 0 Å². The highest BCUT2D eigenvalue weighted by molar-refractivity contribution is 5.82. The Labute approximate surface area is 103 Å². The second-order valence-electron chi connectivity index (χ2n) is 4.83. The SMILES string of the molecule is CCC1CN(Cc2cccc(C)n2)CCC1=O. The molecule has 1 unspecified atom stereocenters. The smallest absolute Gasteiger partial charge is 0.138 e. The minimum Gasteiger partial charge on any atom is -0.299 e. The van der Waals surface area contributed by atoms with Crippen molar-refractivity contribution < 1.29 is 4.79 Å². The predicted octanol–water partition coefficient (Wildman–Crippen LogP) is 2.19. The predicted molar refractivity (Wildman–Crippen MR) is 67.7 cm³/mol. The minimum atomic E-state index is 0.230. The summed E-state index contributed by atoms with van der Waals surface area (Å²) in [6.45, 7) is 6.75. The molecule has 0 aromatic carbocycles. The summed E-state index contributed by atoms with van der Waals surface area (Å²) in [6.07, 6.45) is 1.65. The molecule has 3 heteroatoms. The van der Waals surface area contributed by atoms with Crippen LogP contribution in [0.2, 0.25) is 0 Å². The number of rotatable bonds is 3. The van der Waals surface area contributed by atoms with E-state index in [-0.39, 0.29) is 5.92 Å². The highest BCUT2D eigenvalue weighted by atomic mass is 16.1. The minimum absolute atomic E-state index is 0.230. The van der Waals surface area contributed by atoms with E-state index < -0.39 is 0 Å². The summed E-state index contributed by atoms with van der Waals surface area (Å²) in [6, 6.07) is 6.12. The topological polar surface area (TPSA) is 33.2 Å². The molecule has 1 aromatic rings. The van der Waals surface area contributed by atoms with Gasteiger partial charge in [0.05, 0.1) is 5.69 Å². The van der Waals surface area contributed by atoms with Crippen molar-refractivity contribution in [1.29, 1.82) is 0 Å². The van der Waals surface area contributed by atoms with Gasteiger partial charge in [0.1, 0.15) is 5.78 Å². The molecule has 0 bridgehead atoms. The van der Waals surface area contributed by atoms with E-state index in [1.54, 1.807) is 0 Å². The summed E-state index contributed by atoms with van der Waals surface area (Å²) >= 11 is 0. The number of nitrogens with zero attached hydrogens (tertiary/aromatic N) is 2. The average Bonchev–Trinajstić information content (AvgIpc) is 2.32. The second kappa shape index (κ2) is 5.41. The van der Waals surface area contributed by atoms with Gasteiger partial charge in [-0.25, -0.2) is 0 Å². The number of carbonyl (C=O) groups excluding carboxylic acids is 1. The molecular formula is C14H20N2O. The van der Waals surface area contributed by atoms with Crippen molar-refractivity contribution in [2.75, 3.05) is 13.1 Å². The van der Waals surface area contributed by atoms with Crippen LogP contribution in [-0.2, 0) is 11.3 Å². The molecule has 1 fully saturated rings. The van der Waals surface area contributed by atoms with Crippen molar-refractivity contribution in [1.82, 2.24) is 9.88 Å². The third-order valence-corrected chi connectivity index (χ3v) is 3.43. The maximum absolute atomic E-state index is 11.6. The van der Waals surface area contributed by atoms with Crippen LogP contribution in [0.4, 0.5) is 0 Å². The first-order valence-electron chi connectivity index (χ1n) is 6.36. The fourth-order valence-corrected chi connectivity index (χ4v) is 2.39. The number of pyridine rings is 1. The molecule has 1 aliphatic rings. The molecule has 0 amide bonds. The van der Waals surface area contributed by atoms with E-state index in [2.05, 4.69) is 22.9 Å². The van der Waals surface area contributed by atoms with Gasteiger partial charge in [-0.05, 0) is 25.5 Å². The van der Waals surface area contributed by atoms with Crippen molar-refractivity contribution in [2.45, 2.75) is 33.2 Å². The van der Waals surface area contributed by atoms with E-state index in [1.165, 1.54) is 0 Å². The standard InChI is InChI=1S/C14H20N2O/c1-3-12-9-16(8-7-14(12)17)10-13-6-4-5-11(2)15-13/h4-6,12H,3,7-10H2,1-2H3. The van der Waals surface area contributed by atoms with E-state index in [0.29, 0.717) is 12.2 Å². The Balaban J connectivity index is 1.98. The van der Waals surface area contributed by atoms with Crippen molar-refractivity contribution in [3.8, 4) is 0 Å². The van der Waals surface area contributed by atoms with Gasteiger partial charge >= 0.3 is 0 Å². The molecule has 1 saturated heterocycles. The Kier molecular flexibility index (Phi) is 3.89. The Hall–Kier alpha value is -1.22. The zero-order chi connectivity index (χ0) is 12.3. The van der Waals surface area contributed by atoms with Gasteiger partial charge in [0, 0.05) is 37.7 Å². The van der Waals surface area contributed by atoms with Gasteiger partial charge in [0.15, 0.2) is 0 Å². The number of ketones is 1. The number of carbonyl (C=O) groups is 1. The summed E-state index contributed by atoms with van der Waals surface area (Å²) in [7, 11) is 0. The number of piperidine rings is 1. The van der Waals surface area contributed by atoms with E-state index in [1.807, 2.05) is 19.1 Å². The van der Waals surface area contributed by atoms with Gasteiger partial charge in [-0.15, -0.1) is 0 Å². The van der Waals surface area contributed by atoms with E-state index >= 15 is 0 Å². The van der Waals surface area contributed by atoms with Gasteiger partial charge in [-0.1, -0.05) is 13.0 Å². The normalized spacial score (nSPS) is 21.8. The molecule has 2 rings (SSSR count). The lowest BCUT2D eigenvalue weighted by Crippen LogP contribution is -2.40. The number of aromatic nitrogens is 1. The molecule has 0 saturated carbocycles. The molecule has 2 heterocycles. The van der Waals surface area contributed by atoms with Crippen LogP contribution in [-0.4, -0.2) is 28.8 Å². The quantitative estimate of drug-likeness (QED) is 0.801. The van der Waals surface area contributed by atoms with Gasteiger partial charge in [-0.2, -0.15) is 0 Å². The van der Waals surface area contributed by atoms with Crippen LogP contribution in [0.3, 0.4) is 0 Å². The number of hydrogen-bond donors (Lipinski definition) is 0. The van der Waals surface area contributed by atoms with E-state index in [9.17, 15) is 4.79 Å². The van der Waals surface area contributed by atoms with Crippen LogP contribution in [0.25, 0.3) is 0 Å². The Morgan fingerprint density at radius 1 is 1.47 bits per heavy atom. The number of hydrogen-bond acceptors (Lipinski definition) is 3. The second-order valence-corrected chi connectivity index (χ2v) is 4.83. The van der Waals surface area contributed by atoms with Crippen LogP contribution in [0.5, 0.6) is 0 Å². The molecule has 0 aliphatic carbocycles. The van der Waals surface area contributed by atoms with Crippen LogP contribution in [0, 0.1) is 12.8 Å². The molecule has 3 nitrogen and oxygen atoms in total. The molecule has 0 spiro atoms. The van der Waals surface area contributed by atoms with Crippen LogP contribution in [0.1, 0.15) is 31.2 Å². The fraction of sp³-hybridized carbons (Fsp3) is 0.571. The molecule has 0 N–H and O–H groups in total. The van der Waals surface area contributed by atoms with Gasteiger partial charge in [-0.3, -0.25) is 14.7 Å². The van der Waals surface area contributed by atoms with Gasteiger partial charge in [0.25, 0.3) is 0 Å². The van der Waals surface area contributed by atoms with Crippen LogP contribution < -0.4 is 0 Å². The first-order valence-corrected chi connectivity index (χ1v) is 6.36. The monoisotopic (exact) mass is 232 g/mol. The average molecular weight is 232 g/mol. The summed E-state index contributed by atoms with van der Waals surface area (Å²) in [5.74, 6) is 0.662. The third-order valence-electron chi connectivity index (χ3n) is 3.43. The largest absolute Gasteiger partial charge is 0.299 e. The molecule has 1 aliphatic heterocycles. The summed E-state index contributed by atoms with van der Waals surface area (Å²) < 4.78 is 0. The maximum Gasteiger partial charge on any atom is 0.138 e. The summed E-state index contributed by atoms with van der Waals surface area (Å²) in [4.78, 5) is 18.5. The summed E-state index contributed by atoms with van der Waals surface area (Å²) in [5, 5.41) is 0. The Bertz CT molecular complexity index is 403. The number of aryl methyl sites for hydroxylation is 1.